The zero-order valence-corrected chi connectivity index (χ0v) is 16.3. The third-order valence-corrected chi connectivity index (χ3v) is 6.35. The number of nitrogens with one attached hydrogen (secondary N) is 1. The van der Waals surface area contributed by atoms with Crippen molar-refractivity contribution in [3.05, 3.63) is 52.1 Å². The van der Waals surface area contributed by atoms with Crippen molar-refractivity contribution in [1.82, 2.24) is 19.8 Å². The topological polar surface area (TPSA) is 69.3 Å². The fraction of sp³-hybridized carbons (Fsp3) is 0.450. The van der Waals surface area contributed by atoms with E-state index in [1.54, 1.807) is 19.3 Å². The van der Waals surface area contributed by atoms with Gasteiger partial charge < -0.3 is 14.8 Å². The normalized spacial score (nSPS) is 18.5. The lowest BCUT2D eigenvalue weighted by Crippen LogP contribution is -2.58. The quantitative estimate of drug-likeness (QED) is 0.819. The van der Waals surface area contributed by atoms with E-state index in [4.69, 9.17) is 11.6 Å². The summed E-state index contributed by atoms with van der Waals surface area (Å²) in [5.74, 6) is 0.0490. The van der Waals surface area contributed by atoms with Crippen LogP contribution in [0, 0.1) is 6.92 Å². The highest BCUT2D eigenvalue weighted by atomic mass is 35.5. The first-order valence-electron chi connectivity index (χ1n) is 9.29. The highest BCUT2D eigenvalue weighted by molar-refractivity contribution is 6.31. The molecule has 0 radical (unpaired) electrons. The maximum absolute atomic E-state index is 12.9. The molecule has 0 aliphatic carbocycles. The van der Waals surface area contributed by atoms with Crippen molar-refractivity contribution in [2.24, 2.45) is 0 Å². The van der Waals surface area contributed by atoms with Crippen molar-refractivity contribution in [1.29, 1.82) is 0 Å². The number of aromatic nitrogens is 2. The molecule has 2 amide bonds. The van der Waals surface area contributed by atoms with Gasteiger partial charge in [0.1, 0.15) is 0 Å². The van der Waals surface area contributed by atoms with Crippen LogP contribution in [0.15, 0.2) is 24.5 Å². The number of piperidine rings is 1. The van der Waals surface area contributed by atoms with Crippen LogP contribution in [-0.2, 0) is 16.8 Å². The summed E-state index contributed by atoms with van der Waals surface area (Å²) in [6.07, 6.45) is 3.88. The molecule has 27 heavy (non-hydrogen) atoms. The van der Waals surface area contributed by atoms with Crippen molar-refractivity contribution in [2.45, 2.75) is 38.6 Å². The molecule has 1 saturated heterocycles. The second kappa shape index (κ2) is 6.68. The van der Waals surface area contributed by atoms with Crippen molar-refractivity contribution in [3.8, 4) is 0 Å². The minimum atomic E-state index is -0.416. The number of halogens is 1. The molecule has 4 rings (SSSR count). The molecule has 2 aliphatic heterocycles. The molecule has 0 bridgehead atoms. The average Bonchev–Trinajstić information content (AvgIpc) is 3.14. The number of likely N-dealkylation sites (tertiary alicyclic amines) is 1. The number of hydrogen-bond donors (Lipinski definition) is 1. The first-order valence-corrected chi connectivity index (χ1v) is 9.66. The third kappa shape index (κ3) is 2.92. The van der Waals surface area contributed by atoms with E-state index >= 15 is 0 Å². The Morgan fingerprint density at radius 3 is 2.63 bits per heavy atom. The van der Waals surface area contributed by atoms with Crippen molar-refractivity contribution in [2.75, 3.05) is 19.6 Å². The number of fused-ring (bicyclic) bond motifs is 2. The molecule has 1 aromatic heterocycles. The minimum Gasteiger partial charge on any atom is -0.348 e. The third-order valence-electron chi connectivity index (χ3n) is 5.94. The predicted molar refractivity (Wildman–Crippen MR) is 103 cm³/mol. The maximum Gasteiger partial charge on any atom is 0.253 e. The summed E-state index contributed by atoms with van der Waals surface area (Å²) in [5, 5.41) is 0.602. The maximum atomic E-state index is 12.9. The Morgan fingerprint density at radius 2 is 1.96 bits per heavy atom. The Bertz CT molecular complexity index is 899. The van der Waals surface area contributed by atoms with Crippen LogP contribution in [0.4, 0.5) is 0 Å². The van der Waals surface area contributed by atoms with Gasteiger partial charge in [0.2, 0.25) is 5.91 Å². The summed E-state index contributed by atoms with van der Waals surface area (Å²) in [6.45, 7) is 5.39. The number of amides is 2. The number of nitrogens with zero attached hydrogens (tertiary/aromatic N) is 3. The molecular weight excluding hydrogens is 364 g/mol. The van der Waals surface area contributed by atoms with Crippen LogP contribution in [0.5, 0.6) is 0 Å². The monoisotopic (exact) mass is 386 g/mol. The first kappa shape index (κ1) is 18.0. The van der Waals surface area contributed by atoms with Crippen LogP contribution in [0.1, 0.15) is 47.1 Å². The minimum absolute atomic E-state index is 0.0146. The standard InChI is InChI=1S/C20H23ClN4O2/c1-13-3-4-15(11-16(13)21)19(27)24-9-6-20(7-10-24)18-17(22-12-23-18)5-8-25(20)14(2)26/h3-4,11-12H,5-10H2,1-2H3,(H,22,23). The molecule has 0 atom stereocenters. The summed E-state index contributed by atoms with van der Waals surface area (Å²) >= 11 is 6.18. The lowest BCUT2D eigenvalue weighted by molar-refractivity contribution is -0.139. The highest BCUT2D eigenvalue weighted by Crippen LogP contribution is 2.42. The van der Waals surface area contributed by atoms with Gasteiger partial charge in [-0.05, 0) is 37.5 Å². The van der Waals surface area contributed by atoms with Gasteiger partial charge in [0.15, 0.2) is 0 Å². The summed E-state index contributed by atoms with van der Waals surface area (Å²) < 4.78 is 0. The number of hydrogen-bond acceptors (Lipinski definition) is 3. The Morgan fingerprint density at radius 1 is 1.22 bits per heavy atom. The van der Waals surface area contributed by atoms with E-state index in [0.717, 1.165) is 23.4 Å². The smallest absolute Gasteiger partial charge is 0.253 e. The van der Waals surface area contributed by atoms with Gasteiger partial charge in [-0.2, -0.15) is 0 Å². The molecule has 0 unspecified atom stereocenters. The number of carbonyl (C=O) groups is 2. The van der Waals surface area contributed by atoms with Crippen molar-refractivity contribution < 1.29 is 9.59 Å². The van der Waals surface area contributed by atoms with Gasteiger partial charge in [-0.3, -0.25) is 9.59 Å². The van der Waals surface area contributed by atoms with Crippen LogP contribution in [-0.4, -0.2) is 51.2 Å². The Kier molecular flexibility index (Phi) is 4.46. The number of aromatic amines is 1. The zero-order valence-electron chi connectivity index (χ0n) is 15.6. The van der Waals surface area contributed by atoms with Gasteiger partial charge in [0.05, 0.1) is 17.6 Å². The van der Waals surface area contributed by atoms with Crippen LogP contribution >= 0.6 is 11.6 Å². The van der Waals surface area contributed by atoms with E-state index < -0.39 is 5.54 Å². The fourth-order valence-electron chi connectivity index (χ4n) is 4.43. The van der Waals surface area contributed by atoms with E-state index in [-0.39, 0.29) is 11.8 Å². The lowest BCUT2D eigenvalue weighted by atomic mass is 9.78. The molecule has 0 saturated carbocycles. The van der Waals surface area contributed by atoms with E-state index in [1.165, 1.54) is 0 Å². The first-order chi connectivity index (χ1) is 12.9. The summed E-state index contributed by atoms with van der Waals surface area (Å²) in [4.78, 5) is 36.8. The van der Waals surface area contributed by atoms with E-state index in [2.05, 4.69) is 9.97 Å². The number of carbonyl (C=O) groups excluding carboxylic acids is 2. The SMILES string of the molecule is CC(=O)N1CCc2[nH]cnc2C12CCN(C(=O)c1ccc(C)c(Cl)c1)CC2. The number of imidazole rings is 1. The van der Waals surface area contributed by atoms with Gasteiger partial charge in [0.25, 0.3) is 5.91 Å². The second-order valence-corrected chi connectivity index (χ2v) is 7.85. The summed E-state index contributed by atoms with van der Waals surface area (Å²) in [5.41, 5.74) is 3.22. The van der Waals surface area contributed by atoms with E-state index in [1.807, 2.05) is 28.9 Å². The molecule has 1 aromatic carbocycles. The van der Waals surface area contributed by atoms with Gasteiger partial charge in [-0.1, -0.05) is 17.7 Å². The molecule has 142 valence electrons. The van der Waals surface area contributed by atoms with Crippen molar-refractivity contribution in [3.63, 3.8) is 0 Å². The lowest BCUT2D eigenvalue weighted by Gasteiger charge is -2.50. The molecule has 1 fully saturated rings. The molecule has 3 heterocycles. The Labute approximate surface area is 163 Å². The van der Waals surface area contributed by atoms with Gasteiger partial charge in [-0.15, -0.1) is 0 Å². The van der Waals surface area contributed by atoms with Crippen LogP contribution in [0.25, 0.3) is 0 Å². The molecular formula is C20H23ClN4O2. The Balaban J connectivity index is 1.58. The predicted octanol–water partition coefficient (Wildman–Crippen LogP) is 2.91. The summed E-state index contributed by atoms with van der Waals surface area (Å²) in [7, 11) is 0. The van der Waals surface area contributed by atoms with Gasteiger partial charge in [0, 0.05) is 49.3 Å². The molecule has 2 aromatic rings. The highest BCUT2D eigenvalue weighted by Gasteiger charge is 2.48. The number of rotatable bonds is 1. The van der Waals surface area contributed by atoms with Crippen LogP contribution in [0.2, 0.25) is 5.02 Å². The number of benzene rings is 1. The average molecular weight is 387 g/mol. The summed E-state index contributed by atoms with van der Waals surface area (Å²) in [6, 6.07) is 5.43. The molecule has 1 N–H and O–H groups in total. The second-order valence-electron chi connectivity index (χ2n) is 7.44. The molecule has 6 nitrogen and oxygen atoms in total. The molecule has 1 spiro atoms. The largest absolute Gasteiger partial charge is 0.348 e. The van der Waals surface area contributed by atoms with Gasteiger partial charge >= 0.3 is 0 Å². The van der Waals surface area contributed by atoms with Crippen LogP contribution in [0.3, 0.4) is 0 Å². The number of aryl methyl sites for hydroxylation is 1. The number of H-pyrrole nitrogens is 1. The van der Waals surface area contributed by atoms with E-state index in [9.17, 15) is 9.59 Å². The Hall–Kier alpha value is -2.34. The van der Waals surface area contributed by atoms with Crippen LogP contribution < -0.4 is 0 Å². The molecule has 7 heteroatoms. The fourth-order valence-corrected chi connectivity index (χ4v) is 4.61. The van der Waals surface area contributed by atoms with Crippen molar-refractivity contribution >= 4 is 23.4 Å². The van der Waals surface area contributed by atoms with E-state index in [0.29, 0.717) is 43.1 Å². The molecule has 2 aliphatic rings. The zero-order chi connectivity index (χ0) is 19.2. The van der Waals surface area contributed by atoms with Gasteiger partial charge in [-0.25, -0.2) is 4.98 Å².